The zero-order chi connectivity index (χ0) is 16.2. The second-order valence-electron chi connectivity index (χ2n) is 6.07. The highest BCUT2D eigenvalue weighted by Gasteiger charge is 2.20. The molecule has 0 amide bonds. The van der Waals surface area contributed by atoms with Crippen molar-refractivity contribution >= 4 is 23.0 Å². The van der Waals surface area contributed by atoms with Crippen LogP contribution in [0.3, 0.4) is 0 Å². The van der Waals surface area contributed by atoms with Gasteiger partial charge in [0.05, 0.1) is 0 Å². The first kappa shape index (κ1) is 15.6. The molecule has 0 bridgehead atoms. The average Bonchev–Trinajstić information content (AvgIpc) is 2.58. The van der Waals surface area contributed by atoms with Gasteiger partial charge in [-0.05, 0) is 50.8 Å². The molecule has 2 aromatic rings. The topological polar surface area (TPSA) is 58.3 Å². The molecule has 1 aromatic heterocycles. The molecule has 1 aliphatic rings. The molecule has 0 saturated carbocycles. The summed E-state index contributed by atoms with van der Waals surface area (Å²) in [6, 6.07) is 8.42. The molecule has 0 radical (unpaired) electrons. The molecule has 122 valence electrons. The standard InChI is InChI=1S/C18H25N5/c1-3-23(15-9-7-8-14(2)12-15)18-16(19)17(20-13-21-18)22-10-5-4-6-11-22/h7-9,12-13H,3-6,10-11,19H2,1-2H3. The minimum absolute atomic E-state index is 0.678. The van der Waals surface area contributed by atoms with E-state index in [1.54, 1.807) is 6.33 Å². The van der Waals surface area contributed by atoms with Gasteiger partial charge < -0.3 is 15.5 Å². The Morgan fingerprint density at radius 1 is 1.17 bits per heavy atom. The van der Waals surface area contributed by atoms with Crippen molar-refractivity contribution in [3.05, 3.63) is 36.2 Å². The molecule has 5 nitrogen and oxygen atoms in total. The van der Waals surface area contributed by atoms with Crippen LogP contribution >= 0.6 is 0 Å². The lowest BCUT2D eigenvalue weighted by atomic mass is 10.1. The SMILES string of the molecule is CCN(c1cccc(C)c1)c1ncnc(N2CCCCC2)c1N. The number of hydrogen-bond donors (Lipinski definition) is 1. The Balaban J connectivity index is 1.97. The maximum Gasteiger partial charge on any atom is 0.161 e. The van der Waals surface area contributed by atoms with Gasteiger partial charge in [-0.15, -0.1) is 0 Å². The number of nitrogen functional groups attached to an aromatic ring is 1. The molecule has 2 N–H and O–H groups in total. The maximum absolute atomic E-state index is 6.46. The lowest BCUT2D eigenvalue weighted by molar-refractivity contribution is 0.573. The van der Waals surface area contributed by atoms with Gasteiger partial charge in [0.1, 0.15) is 12.0 Å². The summed E-state index contributed by atoms with van der Waals surface area (Å²) in [6.07, 6.45) is 5.33. The summed E-state index contributed by atoms with van der Waals surface area (Å²) in [4.78, 5) is 13.4. The smallest absolute Gasteiger partial charge is 0.161 e. The molecule has 0 aliphatic carbocycles. The second-order valence-corrected chi connectivity index (χ2v) is 6.07. The molecular formula is C18H25N5. The molecule has 2 heterocycles. The minimum atomic E-state index is 0.678. The zero-order valence-electron chi connectivity index (χ0n) is 14.0. The van der Waals surface area contributed by atoms with Crippen LogP contribution in [-0.2, 0) is 0 Å². The van der Waals surface area contributed by atoms with Gasteiger partial charge in [-0.1, -0.05) is 12.1 Å². The molecule has 3 rings (SSSR count). The fourth-order valence-electron chi connectivity index (χ4n) is 3.20. The molecule has 0 atom stereocenters. The van der Waals surface area contributed by atoms with Gasteiger partial charge in [0.2, 0.25) is 0 Å². The second kappa shape index (κ2) is 6.86. The number of benzene rings is 1. The number of rotatable bonds is 4. The Hall–Kier alpha value is -2.30. The third-order valence-corrected chi connectivity index (χ3v) is 4.38. The van der Waals surface area contributed by atoms with Gasteiger partial charge in [0, 0.05) is 25.3 Å². The van der Waals surface area contributed by atoms with Crippen molar-refractivity contribution in [2.45, 2.75) is 33.1 Å². The van der Waals surface area contributed by atoms with Crippen molar-refractivity contribution in [1.82, 2.24) is 9.97 Å². The Bertz CT molecular complexity index is 664. The Labute approximate surface area is 138 Å². The van der Waals surface area contributed by atoms with Gasteiger partial charge in [-0.2, -0.15) is 0 Å². The van der Waals surface area contributed by atoms with Gasteiger partial charge in [0.15, 0.2) is 11.6 Å². The fourth-order valence-corrected chi connectivity index (χ4v) is 3.20. The molecule has 1 fully saturated rings. The van der Waals surface area contributed by atoms with Crippen molar-refractivity contribution in [3.63, 3.8) is 0 Å². The monoisotopic (exact) mass is 311 g/mol. The number of piperidine rings is 1. The lowest BCUT2D eigenvalue weighted by Crippen LogP contribution is -2.31. The summed E-state index contributed by atoms with van der Waals surface area (Å²) < 4.78 is 0. The number of nitrogens with zero attached hydrogens (tertiary/aromatic N) is 4. The molecule has 1 saturated heterocycles. The van der Waals surface area contributed by atoms with Crippen LogP contribution in [0, 0.1) is 6.92 Å². The molecule has 0 unspecified atom stereocenters. The maximum atomic E-state index is 6.46. The fraction of sp³-hybridized carbons (Fsp3) is 0.444. The first-order valence-electron chi connectivity index (χ1n) is 8.40. The quantitative estimate of drug-likeness (QED) is 0.936. The van der Waals surface area contributed by atoms with E-state index in [2.05, 4.69) is 57.9 Å². The van der Waals surface area contributed by atoms with Crippen LogP contribution in [0.2, 0.25) is 0 Å². The van der Waals surface area contributed by atoms with Crippen LogP contribution in [0.15, 0.2) is 30.6 Å². The molecular weight excluding hydrogens is 286 g/mol. The van der Waals surface area contributed by atoms with Crippen LogP contribution in [0.25, 0.3) is 0 Å². The van der Waals surface area contributed by atoms with E-state index in [0.29, 0.717) is 5.69 Å². The normalized spacial score (nSPS) is 14.8. The van der Waals surface area contributed by atoms with Crippen molar-refractivity contribution in [1.29, 1.82) is 0 Å². The van der Waals surface area contributed by atoms with Gasteiger partial charge >= 0.3 is 0 Å². The predicted octanol–water partition coefficient (Wildman–Crippen LogP) is 3.52. The van der Waals surface area contributed by atoms with Crippen LogP contribution in [-0.4, -0.2) is 29.6 Å². The summed E-state index contributed by atoms with van der Waals surface area (Å²) in [5.41, 5.74) is 9.48. The predicted molar refractivity (Wildman–Crippen MR) is 96.4 cm³/mol. The number of aryl methyl sites for hydroxylation is 1. The van der Waals surface area contributed by atoms with Crippen LogP contribution in [0.5, 0.6) is 0 Å². The van der Waals surface area contributed by atoms with Crippen molar-refractivity contribution < 1.29 is 0 Å². The van der Waals surface area contributed by atoms with Crippen LogP contribution in [0.4, 0.5) is 23.0 Å². The summed E-state index contributed by atoms with van der Waals surface area (Å²) in [6.45, 7) is 7.07. The van der Waals surface area contributed by atoms with E-state index >= 15 is 0 Å². The van der Waals surface area contributed by atoms with E-state index in [-0.39, 0.29) is 0 Å². The first-order valence-corrected chi connectivity index (χ1v) is 8.40. The van der Waals surface area contributed by atoms with Crippen molar-refractivity contribution in [2.75, 3.05) is 35.2 Å². The third-order valence-electron chi connectivity index (χ3n) is 4.38. The average molecular weight is 311 g/mol. The Morgan fingerprint density at radius 2 is 1.96 bits per heavy atom. The molecule has 0 spiro atoms. The van der Waals surface area contributed by atoms with Crippen molar-refractivity contribution in [2.24, 2.45) is 0 Å². The molecule has 23 heavy (non-hydrogen) atoms. The van der Waals surface area contributed by atoms with E-state index in [0.717, 1.165) is 37.0 Å². The van der Waals surface area contributed by atoms with Crippen molar-refractivity contribution in [3.8, 4) is 0 Å². The van der Waals surface area contributed by atoms with E-state index in [1.807, 2.05) is 0 Å². The number of anilines is 4. The van der Waals surface area contributed by atoms with E-state index in [1.165, 1.54) is 24.8 Å². The minimum Gasteiger partial charge on any atom is -0.393 e. The summed E-state index contributed by atoms with van der Waals surface area (Å²) >= 11 is 0. The van der Waals surface area contributed by atoms with E-state index < -0.39 is 0 Å². The molecule has 5 heteroatoms. The number of aromatic nitrogens is 2. The highest BCUT2D eigenvalue weighted by molar-refractivity contribution is 5.79. The number of hydrogen-bond acceptors (Lipinski definition) is 5. The van der Waals surface area contributed by atoms with Gasteiger partial charge in [0.25, 0.3) is 0 Å². The van der Waals surface area contributed by atoms with E-state index in [9.17, 15) is 0 Å². The van der Waals surface area contributed by atoms with Crippen LogP contribution < -0.4 is 15.5 Å². The van der Waals surface area contributed by atoms with Crippen LogP contribution in [0.1, 0.15) is 31.7 Å². The summed E-state index contributed by atoms with van der Waals surface area (Å²) in [5.74, 6) is 1.68. The molecule has 1 aliphatic heterocycles. The van der Waals surface area contributed by atoms with Gasteiger partial charge in [-0.3, -0.25) is 0 Å². The number of nitrogens with two attached hydrogens (primary N) is 1. The lowest BCUT2D eigenvalue weighted by Gasteiger charge is -2.30. The summed E-state index contributed by atoms with van der Waals surface area (Å²) in [7, 11) is 0. The third kappa shape index (κ3) is 3.23. The first-order chi connectivity index (χ1) is 11.2. The summed E-state index contributed by atoms with van der Waals surface area (Å²) in [5, 5.41) is 0. The highest BCUT2D eigenvalue weighted by Crippen LogP contribution is 2.34. The Morgan fingerprint density at radius 3 is 2.65 bits per heavy atom. The zero-order valence-corrected chi connectivity index (χ0v) is 14.0. The largest absolute Gasteiger partial charge is 0.393 e. The Kier molecular flexibility index (Phi) is 4.65. The molecule has 1 aromatic carbocycles. The highest BCUT2D eigenvalue weighted by atomic mass is 15.3. The van der Waals surface area contributed by atoms with Gasteiger partial charge in [-0.25, -0.2) is 9.97 Å². The van der Waals surface area contributed by atoms with E-state index in [4.69, 9.17) is 5.73 Å².